The van der Waals surface area contributed by atoms with Gasteiger partial charge < -0.3 is 9.88 Å². The summed E-state index contributed by atoms with van der Waals surface area (Å²) in [5, 5.41) is 11.5. The molecule has 32 heavy (non-hydrogen) atoms. The molecule has 0 saturated carbocycles. The van der Waals surface area contributed by atoms with Crippen molar-refractivity contribution in [3.8, 4) is 0 Å². The van der Waals surface area contributed by atoms with Crippen molar-refractivity contribution in [1.29, 1.82) is 0 Å². The Morgan fingerprint density at radius 3 is 2.69 bits per heavy atom. The number of sulfone groups is 1. The summed E-state index contributed by atoms with van der Waals surface area (Å²) in [6.07, 6.45) is 0. The maximum atomic E-state index is 12.7. The van der Waals surface area contributed by atoms with E-state index in [1.807, 2.05) is 25.1 Å². The fourth-order valence-electron chi connectivity index (χ4n) is 2.96. The Morgan fingerprint density at radius 1 is 1.19 bits per heavy atom. The van der Waals surface area contributed by atoms with Gasteiger partial charge in [0.05, 0.1) is 20.4 Å². The van der Waals surface area contributed by atoms with Crippen LogP contribution in [0.15, 0.2) is 58.6 Å². The van der Waals surface area contributed by atoms with Gasteiger partial charge in [0.25, 0.3) is 0 Å². The minimum absolute atomic E-state index is 0.216. The molecule has 4 rings (SSSR count). The predicted octanol–water partition coefficient (Wildman–Crippen LogP) is 3.83. The van der Waals surface area contributed by atoms with Gasteiger partial charge in [-0.05, 0) is 43.7 Å². The molecule has 0 aliphatic heterocycles. The number of carbonyl (C=O) groups is 1. The summed E-state index contributed by atoms with van der Waals surface area (Å²) in [5.74, 6) is -0.176. The number of rotatable bonds is 7. The number of nitrogens with zero attached hydrogens (tertiary/aromatic N) is 4. The summed E-state index contributed by atoms with van der Waals surface area (Å²) in [7, 11) is -1.85. The van der Waals surface area contributed by atoms with Gasteiger partial charge in [-0.3, -0.25) is 4.79 Å². The summed E-state index contributed by atoms with van der Waals surface area (Å²) >= 11 is 2.63. The standard InChI is InChI=1S/C21H21N5O3S3/c1-13-9-10-16-17(11-13)31-20(22-16)23-19(27)14(2)30-21-25-24-18(26(21)3)12-32(28,29)15-7-5-4-6-8-15/h4-11,14H,12H2,1-3H3,(H,22,23,27). The normalized spacial score (nSPS) is 12.7. The number of aryl methyl sites for hydroxylation is 1. The van der Waals surface area contributed by atoms with Crippen molar-refractivity contribution in [3.63, 3.8) is 0 Å². The Bertz CT molecular complexity index is 1380. The van der Waals surface area contributed by atoms with Crippen LogP contribution in [0.25, 0.3) is 10.2 Å². The van der Waals surface area contributed by atoms with Crippen molar-refractivity contribution in [3.05, 3.63) is 59.9 Å². The number of carbonyl (C=O) groups excluding carboxylic acids is 1. The van der Waals surface area contributed by atoms with Crippen molar-refractivity contribution in [2.75, 3.05) is 5.32 Å². The van der Waals surface area contributed by atoms with Crippen molar-refractivity contribution >= 4 is 54.2 Å². The zero-order chi connectivity index (χ0) is 22.9. The number of amides is 1. The largest absolute Gasteiger partial charge is 0.308 e. The lowest BCUT2D eigenvalue weighted by atomic mass is 10.2. The maximum Gasteiger partial charge on any atom is 0.239 e. The summed E-state index contributed by atoms with van der Waals surface area (Å²) < 4.78 is 27.9. The molecule has 4 aromatic rings. The van der Waals surface area contributed by atoms with Gasteiger partial charge in [0.2, 0.25) is 5.91 Å². The van der Waals surface area contributed by atoms with E-state index in [1.54, 1.807) is 48.9 Å². The fourth-order valence-corrected chi connectivity index (χ4v) is 6.09. The van der Waals surface area contributed by atoms with Crippen molar-refractivity contribution in [2.24, 2.45) is 7.05 Å². The highest BCUT2D eigenvalue weighted by molar-refractivity contribution is 8.00. The second-order valence-electron chi connectivity index (χ2n) is 7.27. The lowest BCUT2D eigenvalue weighted by molar-refractivity contribution is -0.115. The third-order valence-electron chi connectivity index (χ3n) is 4.77. The van der Waals surface area contributed by atoms with Crippen molar-refractivity contribution in [1.82, 2.24) is 19.7 Å². The molecule has 2 heterocycles. The first-order valence-corrected chi connectivity index (χ1v) is 13.1. The number of anilines is 1. The molecule has 1 atom stereocenters. The number of thioether (sulfide) groups is 1. The molecule has 0 aliphatic carbocycles. The summed E-state index contributed by atoms with van der Waals surface area (Å²) in [4.78, 5) is 17.4. The van der Waals surface area contributed by atoms with Crippen LogP contribution in [0.5, 0.6) is 0 Å². The van der Waals surface area contributed by atoms with Crippen LogP contribution >= 0.6 is 23.1 Å². The number of thiazole rings is 1. The molecule has 2 aromatic carbocycles. The van der Waals surface area contributed by atoms with Gasteiger partial charge in [-0.1, -0.05) is 47.4 Å². The quantitative estimate of drug-likeness (QED) is 0.395. The summed E-state index contributed by atoms with van der Waals surface area (Å²) in [6.45, 7) is 3.77. The average Bonchev–Trinajstić information content (AvgIpc) is 3.31. The molecule has 166 valence electrons. The van der Waals surface area contributed by atoms with E-state index in [0.29, 0.717) is 16.1 Å². The molecule has 0 fully saturated rings. The van der Waals surface area contributed by atoms with Gasteiger partial charge in [-0.15, -0.1) is 10.2 Å². The Balaban J connectivity index is 1.43. The predicted molar refractivity (Wildman–Crippen MR) is 127 cm³/mol. The van der Waals surface area contributed by atoms with Crippen LogP contribution in [-0.4, -0.2) is 39.3 Å². The molecule has 11 heteroatoms. The third-order valence-corrected chi connectivity index (χ3v) is 8.47. The number of nitrogens with one attached hydrogen (secondary N) is 1. The summed E-state index contributed by atoms with van der Waals surface area (Å²) in [5.41, 5.74) is 1.98. The first-order valence-electron chi connectivity index (χ1n) is 9.74. The Kier molecular flexibility index (Phi) is 6.31. The first kappa shape index (κ1) is 22.4. The number of aromatic nitrogens is 4. The van der Waals surface area contributed by atoms with Crippen molar-refractivity contribution in [2.45, 2.75) is 34.9 Å². The molecule has 1 amide bonds. The maximum absolute atomic E-state index is 12.7. The van der Waals surface area contributed by atoms with Crippen LogP contribution in [0, 0.1) is 6.92 Å². The highest BCUT2D eigenvalue weighted by Gasteiger charge is 2.23. The van der Waals surface area contributed by atoms with Gasteiger partial charge in [0.1, 0.15) is 11.6 Å². The zero-order valence-corrected chi connectivity index (χ0v) is 20.1. The summed E-state index contributed by atoms with van der Waals surface area (Å²) in [6, 6.07) is 14.2. The molecule has 0 radical (unpaired) electrons. The molecule has 2 aromatic heterocycles. The topological polar surface area (TPSA) is 107 Å². The molecule has 1 N–H and O–H groups in total. The molecule has 0 spiro atoms. The second-order valence-corrected chi connectivity index (χ2v) is 11.6. The average molecular weight is 488 g/mol. The molecule has 0 saturated heterocycles. The van der Waals surface area contributed by atoms with Gasteiger partial charge >= 0.3 is 0 Å². The van der Waals surface area contributed by atoms with Crippen LogP contribution in [-0.2, 0) is 27.4 Å². The monoisotopic (exact) mass is 487 g/mol. The fraction of sp³-hybridized carbons (Fsp3) is 0.238. The van der Waals surface area contributed by atoms with Crippen LogP contribution in [0.3, 0.4) is 0 Å². The Hall–Kier alpha value is -2.76. The SMILES string of the molecule is Cc1ccc2nc(NC(=O)C(C)Sc3nnc(CS(=O)(=O)c4ccccc4)n3C)sc2c1. The molecule has 0 bridgehead atoms. The van der Waals surface area contributed by atoms with Crippen molar-refractivity contribution < 1.29 is 13.2 Å². The smallest absolute Gasteiger partial charge is 0.239 e. The first-order chi connectivity index (χ1) is 15.2. The molecule has 1 unspecified atom stereocenters. The lowest BCUT2D eigenvalue weighted by Crippen LogP contribution is -2.22. The Morgan fingerprint density at radius 2 is 1.94 bits per heavy atom. The van der Waals surface area contributed by atoms with E-state index in [1.165, 1.54) is 23.1 Å². The van der Waals surface area contributed by atoms with E-state index in [-0.39, 0.29) is 16.6 Å². The highest BCUT2D eigenvalue weighted by atomic mass is 32.2. The zero-order valence-electron chi connectivity index (χ0n) is 17.6. The number of fused-ring (bicyclic) bond motifs is 1. The van der Waals surface area contributed by atoms with Crippen LogP contribution < -0.4 is 5.32 Å². The van der Waals surface area contributed by atoms with Crippen LogP contribution in [0.4, 0.5) is 5.13 Å². The van der Waals surface area contributed by atoms with Gasteiger partial charge in [-0.2, -0.15) is 0 Å². The minimum atomic E-state index is -3.54. The van der Waals surface area contributed by atoms with E-state index in [9.17, 15) is 13.2 Å². The lowest BCUT2D eigenvalue weighted by Gasteiger charge is -2.10. The van der Waals surface area contributed by atoms with Gasteiger partial charge in [-0.25, -0.2) is 13.4 Å². The van der Waals surface area contributed by atoms with Gasteiger partial charge in [0.15, 0.2) is 20.1 Å². The number of hydrogen-bond donors (Lipinski definition) is 1. The van der Waals surface area contributed by atoms with Crippen LogP contribution in [0.2, 0.25) is 0 Å². The third kappa shape index (κ3) is 4.84. The Labute approximate surface area is 194 Å². The molecule has 8 nitrogen and oxygen atoms in total. The molecule has 0 aliphatic rings. The molecular weight excluding hydrogens is 466 g/mol. The highest BCUT2D eigenvalue weighted by Crippen LogP contribution is 2.28. The van der Waals surface area contributed by atoms with E-state index >= 15 is 0 Å². The van der Waals surface area contributed by atoms with E-state index in [4.69, 9.17) is 0 Å². The van der Waals surface area contributed by atoms with E-state index < -0.39 is 15.1 Å². The van der Waals surface area contributed by atoms with E-state index in [0.717, 1.165) is 15.8 Å². The van der Waals surface area contributed by atoms with Gasteiger partial charge in [0, 0.05) is 7.05 Å². The second kappa shape index (κ2) is 9.00. The van der Waals surface area contributed by atoms with E-state index in [2.05, 4.69) is 20.5 Å². The number of hydrogen-bond acceptors (Lipinski definition) is 8. The molecular formula is C21H21N5O3S3. The van der Waals surface area contributed by atoms with Crippen LogP contribution in [0.1, 0.15) is 18.3 Å². The minimum Gasteiger partial charge on any atom is -0.308 e. The number of benzene rings is 2.